The summed E-state index contributed by atoms with van der Waals surface area (Å²) < 4.78 is 0. The minimum Gasteiger partial charge on any atom is -0.349 e. The van der Waals surface area contributed by atoms with Crippen molar-refractivity contribution in [3.63, 3.8) is 0 Å². The van der Waals surface area contributed by atoms with Gasteiger partial charge >= 0.3 is 0 Å². The molecule has 2 nitrogen and oxygen atoms in total. The van der Waals surface area contributed by atoms with Crippen LogP contribution in [-0.2, 0) is 0 Å². The molecule has 1 saturated carbocycles. The highest BCUT2D eigenvalue weighted by Gasteiger charge is 2.26. The van der Waals surface area contributed by atoms with Crippen molar-refractivity contribution in [3.8, 4) is 0 Å². The molecule has 3 heteroatoms. The summed E-state index contributed by atoms with van der Waals surface area (Å²) in [6.45, 7) is 2.22. The summed E-state index contributed by atoms with van der Waals surface area (Å²) in [5, 5.41) is 4.95. The molecule has 1 amide bonds. The van der Waals surface area contributed by atoms with E-state index in [1.54, 1.807) is 0 Å². The Labute approximate surface area is 82.0 Å². The first-order valence-electron chi connectivity index (χ1n) is 4.60. The average molecular weight is 195 g/mol. The molecule has 0 radical (unpaired) electrons. The van der Waals surface area contributed by atoms with Crippen LogP contribution in [0.15, 0.2) is 17.5 Å². The zero-order valence-corrected chi connectivity index (χ0v) is 8.43. The van der Waals surface area contributed by atoms with E-state index in [1.807, 2.05) is 17.5 Å². The van der Waals surface area contributed by atoms with Gasteiger partial charge in [-0.2, -0.15) is 0 Å². The Balaban J connectivity index is 1.86. The molecule has 0 bridgehead atoms. The third kappa shape index (κ3) is 1.91. The van der Waals surface area contributed by atoms with E-state index in [0.29, 0.717) is 6.04 Å². The molecule has 1 heterocycles. The molecule has 0 aliphatic heterocycles. The Morgan fingerprint density at radius 3 is 2.92 bits per heavy atom. The predicted octanol–water partition coefficient (Wildman–Crippen LogP) is 2.28. The van der Waals surface area contributed by atoms with Crippen LogP contribution in [0.3, 0.4) is 0 Å². The van der Waals surface area contributed by atoms with Gasteiger partial charge in [0.1, 0.15) is 0 Å². The normalized spacial score (nSPS) is 26.5. The monoisotopic (exact) mass is 195 g/mol. The van der Waals surface area contributed by atoms with E-state index >= 15 is 0 Å². The summed E-state index contributed by atoms with van der Waals surface area (Å²) in [7, 11) is 0. The number of carbonyl (C=O) groups excluding carboxylic acids is 1. The van der Waals surface area contributed by atoms with Crippen molar-refractivity contribution in [1.29, 1.82) is 0 Å². The van der Waals surface area contributed by atoms with E-state index < -0.39 is 0 Å². The molecule has 1 N–H and O–H groups in total. The average Bonchev–Trinajstić information content (AvgIpc) is 2.53. The Hall–Kier alpha value is -0.830. The second kappa shape index (κ2) is 3.50. The quantitative estimate of drug-likeness (QED) is 0.770. The van der Waals surface area contributed by atoms with Gasteiger partial charge in [-0.15, -0.1) is 11.3 Å². The van der Waals surface area contributed by atoms with Gasteiger partial charge in [-0.05, 0) is 30.2 Å². The number of nitrogens with one attached hydrogen (secondary N) is 1. The second-order valence-corrected chi connectivity index (χ2v) is 4.67. The topological polar surface area (TPSA) is 29.1 Å². The first-order chi connectivity index (χ1) is 6.25. The van der Waals surface area contributed by atoms with E-state index in [4.69, 9.17) is 0 Å². The Bertz CT molecular complexity index is 288. The van der Waals surface area contributed by atoms with Crippen LogP contribution < -0.4 is 5.32 Å². The third-order valence-corrected chi connectivity index (χ3v) is 3.32. The van der Waals surface area contributed by atoms with E-state index in [9.17, 15) is 4.79 Å². The molecule has 1 aromatic rings. The first-order valence-corrected chi connectivity index (χ1v) is 5.48. The highest BCUT2D eigenvalue weighted by atomic mass is 32.1. The number of rotatable bonds is 2. The van der Waals surface area contributed by atoms with Gasteiger partial charge in [-0.25, -0.2) is 0 Å². The number of amides is 1. The molecule has 0 aromatic carbocycles. The lowest BCUT2D eigenvalue weighted by Gasteiger charge is -2.33. The summed E-state index contributed by atoms with van der Waals surface area (Å²) in [5.41, 5.74) is 0. The highest BCUT2D eigenvalue weighted by Crippen LogP contribution is 2.26. The smallest absolute Gasteiger partial charge is 0.261 e. The molecule has 70 valence electrons. The zero-order chi connectivity index (χ0) is 9.26. The van der Waals surface area contributed by atoms with E-state index in [1.165, 1.54) is 11.3 Å². The predicted molar refractivity (Wildman–Crippen MR) is 54.0 cm³/mol. The SMILES string of the molecule is CC1CC(NC(=O)c2cccs2)C1. The first kappa shape index (κ1) is 8.75. The van der Waals surface area contributed by atoms with E-state index in [0.717, 1.165) is 23.6 Å². The maximum atomic E-state index is 11.5. The molecule has 0 atom stereocenters. The molecular formula is C10H13NOS. The lowest BCUT2D eigenvalue weighted by Crippen LogP contribution is -2.43. The third-order valence-electron chi connectivity index (χ3n) is 2.45. The molecule has 1 aliphatic rings. The largest absolute Gasteiger partial charge is 0.349 e. The molecule has 0 saturated heterocycles. The minimum absolute atomic E-state index is 0.0897. The van der Waals surface area contributed by atoms with Crippen LogP contribution in [0.4, 0.5) is 0 Å². The number of hydrogen-bond acceptors (Lipinski definition) is 2. The molecule has 2 rings (SSSR count). The van der Waals surface area contributed by atoms with Crippen molar-refractivity contribution in [1.82, 2.24) is 5.32 Å². The fourth-order valence-electron chi connectivity index (χ4n) is 1.68. The lowest BCUT2D eigenvalue weighted by molar-refractivity contribution is 0.0900. The molecule has 0 spiro atoms. The minimum atomic E-state index is 0.0897. The molecule has 1 aliphatic carbocycles. The van der Waals surface area contributed by atoms with Crippen LogP contribution in [0.1, 0.15) is 29.4 Å². The zero-order valence-electron chi connectivity index (χ0n) is 7.62. The van der Waals surface area contributed by atoms with Crippen LogP contribution in [0.2, 0.25) is 0 Å². The lowest BCUT2D eigenvalue weighted by atomic mass is 9.82. The van der Waals surface area contributed by atoms with E-state index in [-0.39, 0.29) is 5.91 Å². The summed E-state index contributed by atoms with van der Waals surface area (Å²) in [5.74, 6) is 0.875. The van der Waals surface area contributed by atoms with Crippen molar-refractivity contribution in [2.24, 2.45) is 5.92 Å². The van der Waals surface area contributed by atoms with Gasteiger partial charge in [-0.1, -0.05) is 13.0 Å². The molecule has 0 unspecified atom stereocenters. The maximum absolute atomic E-state index is 11.5. The highest BCUT2D eigenvalue weighted by molar-refractivity contribution is 7.12. The van der Waals surface area contributed by atoms with Crippen molar-refractivity contribution in [2.45, 2.75) is 25.8 Å². The van der Waals surface area contributed by atoms with Gasteiger partial charge in [0.05, 0.1) is 4.88 Å². The van der Waals surface area contributed by atoms with Gasteiger partial charge in [0, 0.05) is 6.04 Å². The van der Waals surface area contributed by atoms with Crippen LogP contribution in [0.25, 0.3) is 0 Å². The molecule has 1 fully saturated rings. The summed E-state index contributed by atoms with van der Waals surface area (Å²) in [6, 6.07) is 4.19. The maximum Gasteiger partial charge on any atom is 0.261 e. The van der Waals surface area contributed by atoms with Crippen molar-refractivity contribution >= 4 is 17.2 Å². The Kier molecular flexibility index (Phi) is 2.36. The number of thiophene rings is 1. The second-order valence-electron chi connectivity index (χ2n) is 3.72. The molecular weight excluding hydrogens is 182 g/mol. The Morgan fingerprint density at radius 2 is 2.38 bits per heavy atom. The van der Waals surface area contributed by atoms with Crippen LogP contribution in [0.5, 0.6) is 0 Å². The molecule has 13 heavy (non-hydrogen) atoms. The van der Waals surface area contributed by atoms with Crippen LogP contribution >= 0.6 is 11.3 Å². The Morgan fingerprint density at radius 1 is 1.62 bits per heavy atom. The van der Waals surface area contributed by atoms with Crippen molar-refractivity contribution in [2.75, 3.05) is 0 Å². The van der Waals surface area contributed by atoms with Gasteiger partial charge in [-0.3, -0.25) is 4.79 Å². The summed E-state index contributed by atoms with van der Waals surface area (Å²) in [6.07, 6.45) is 2.27. The molecule has 1 aromatic heterocycles. The summed E-state index contributed by atoms with van der Waals surface area (Å²) >= 11 is 1.50. The van der Waals surface area contributed by atoms with Gasteiger partial charge in [0.15, 0.2) is 0 Å². The van der Waals surface area contributed by atoms with Gasteiger partial charge < -0.3 is 5.32 Å². The number of carbonyl (C=O) groups is 1. The summed E-state index contributed by atoms with van der Waals surface area (Å²) in [4.78, 5) is 12.3. The fourth-order valence-corrected chi connectivity index (χ4v) is 2.31. The van der Waals surface area contributed by atoms with E-state index in [2.05, 4.69) is 12.2 Å². The number of hydrogen-bond donors (Lipinski definition) is 1. The van der Waals surface area contributed by atoms with Crippen molar-refractivity contribution < 1.29 is 4.79 Å². The van der Waals surface area contributed by atoms with Gasteiger partial charge in [0.2, 0.25) is 0 Å². The van der Waals surface area contributed by atoms with Gasteiger partial charge in [0.25, 0.3) is 5.91 Å². The van der Waals surface area contributed by atoms with Crippen LogP contribution in [0, 0.1) is 5.92 Å². The fraction of sp³-hybridized carbons (Fsp3) is 0.500. The van der Waals surface area contributed by atoms with Crippen molar-refractivity contribution in [3.05, 3.63) is 22.4 Å². The standard InChI is InChI=1S/C10H13NOS/c1-7-5-8(6-7)11-10(12)9-3-2-4-13-9/h2-4,7-8H,5-6H2,1H3,(H,11,12). The van der Waals surface area contributed by atoms with Crippen LogP contribution in [-0.4, -0.2) is 11.9 Å².